The SMILES string of the molecule is CCCC1CCC(C(NN)c2cc(C)ccc2C)CC1. The van der Waals surface area contributed by atoms with E-state index >= 15 is 0 Å². The van der Waals surface area contributed by atoms with E-state index in [1.807, 2.05) is 0 Å². The number of benzene rings is 1. The molecule has 0 saturated heterocycles. The highest BCUT2D eigenvalue weighted by atomic mass is 15.2. The first kappa shape index (κ1) is 15.5. The second-order valence-electron chi connectivity index (χ2n) is 6.57. The van der Waals surface area contributed by atoms with Crippen molar-refractivity contribution < 1.29 is 0 Å². The van der Waals surface area contributed by atoms with E-state index in [1.54, 1.807) is 0 Å². The van der Waals surface area contributed by atoms with E-state index in [0.717, 1.165) is 5.92 Å². The van der Waals surface area contributed by atoms with Gasteiger partial charge < -0.3 is 0 Å². The molecule has 2 heteroatoms. The van der Waals surface area contributed by atoms with Gasteiger partial charge in [0.1, 0.15) is 0 Å². The summed E-state index contributed by atoms with van der Waals surface area (Å²) in [6.45, 7) is 6.66. The summed E-state index contributed by atoms with van der Waals surface area (Å²) in [6.07, 6.45) is 8.10. The summed E-state index contributed by atoms with van der Waals surface area (Å²) in [6, 6.07) is 7.03. The molecule has 0 aromatic heterocycles. The monoisotopic (exact) mass is 274 g/mol. The molecule has 1 unspecified atom stereocenters. The van der Waals surface area contributed by atoms with Gasteiger partial charge in [-0.25, -0.2) is 0 Å². The Morgan fingerprint density at radius 2 is 1.90 bits per heavy atom. The first-order chi connectivity index (χ1) is 9.65. The third kappa shape index (κ3) is 3.62. The van der Waals surface area contributed by atoms with Gasteiger partial charge in [-0.3, -0.25) is 11.3 Å². The van der Waals surface area contributed by atoms with Crippen molar-refractivity contribution in [2.24, 2.45) is 17.7 Å². The Kier molecular flexibility index (Phi) is 5.62. The van der Waals surface area contributed by atoms with E-state index in [0.29, 0.717) is 12.0 Å². The van der Waals surface area contributed by atoms with Gasteiger partial charge >= 0.3 is 0 Å². The molecule has 112 valence electrons. The Bertz CT molecular complexity index is 419. The van der Waals surface area contributed by atoms with Gasteiger partial charge in [0, 0.05) is 6.04 Å². The summed E-state index contributed by atoms with van der Waals surface area (Å²) in [5, 5.41) is 0. The molecule has 0 aliphatic heterocycles. The molecule has 0 amide bonds. The second kappa shape index (κ2) is 7.24. The van der Waals surface area contributed by atoms with E-state index in [-0.39, 0.29) is 0 Å². The van der Waals surface area contributed by atoms with Gasteiger partial charge in [-0.15, -0.1) is 0 Å². The molecule has 1 saturated carbocycles. The minimum absolute atomic E-state index is 0.317. The highest BCUT2D eigenvalue weighted by Crippen LogP contribution is 2.38. The van der Waals surface area contributed by atoms with Crippen LogP contribution in [-0.4, -0.2) is 0 Å². The average molecular weight is 274 g/mol. The molecule has 1 fully saturated rings. The van der Waals surface area contributed by atoms with E-state index in [1.165, 1.54) is 55.2 Å². The zero-order valence-electron chi connectivity index (χ0n) is 13.3. The van der Waals surface area contributed by atoms with Gasteiger partial charge in [-0.05, 0) is 49.7 Å². The quantitative estimate of drug-likeness (QED) is 0.616. The smallest absolute Gasteiger partial charge is 0.0490 e. The molecule has 0 radical (unpaired) electrons. The highest BCUT2D eigenvalue weighted by molar-refractivity contribution is 5.33. The lowest BCUT2D eigenvalue weighted by Crippen LogP contribution is -2.35. The highest BCUT2D eigenvalue weighted by Gasteiger charge is 2.28. The fraction of sp³-hybridized carbons (Fsp3) is 0.667. The fourth-order valence-corrected chi connectivity index (χ4v) is 3.79. The van der Waals surface area contributed by atoms with Crippen LogP contribution in [-0.2, 0) is 0 Å². The number of aryl methyl sites for hydroxylation is 2. The summed E-state index contributed by atoms with van der Waals surface area (Å²) >= 11 is 0. The van der Waals surface area contributed by atoms with Crippen molar-refractivity contribution in [3.63, 3.8) is 0 Å². The Morgan fingerprint density at radius 3 is 2.50 bits per heavy atom. The van der Waals surface area contributed by atoms with Gasteiger partial charge in [0.15, 0.2) is 0 Å². The van der Waals surface area contributed by atoms with Crippen LogP contribution in [0.15, 0.2) is 18.2 Å². The van der Waals surface area contributed by atoms with Crippen molar-refractivity contribution >= 4 is 0 Å². The standard InChI is InChI=1S/C18H30N2/c1-4-5-15-8-10-16(11-9-15)18(20-19)17-12-13(2)6-7-14(17)3/h6-7,12,15-16,18,20H,4-5,8-11,19H2,1-3H3. The van der Waals surface area contributed by atoms with Crippen LogP contribution in [0.1, 0.15) is 68.2 Å². The van der Waals surface area contributed by atoms with E-state index in [2.05, 4.69) is 44.4 Å². The van der Waals surface area contributed by atoms with Crippen molar-refractivity contribution in [2.45, 2.75) is 65.3 Å². The number of hydrogen-bond donors (Lipinski definition) is 2. The maximum absolute atomic E-state index is 5.90. The van der Waals surface area contributed by atoms with Crippen LogP contribution in [0.4, 0.5) is 0 Å². The van der Waals surface area contributed by atoms with Crippen LogP contribution in [0, 0.1) is 25.7 Å². The van der Waals surface area contributed by atoms with Crippen molar-refractivity contribution in [3.05, 3.63) is 34.9 Å². The maximum Gasteiger partial charge on any atom is 0.0490 e. The van der Waals surface area contributed by atoms with Crippen molar-refractivity contribution in [1.29, 1.82) is 0 Å². The lowest BCUT2D eigenvalue weighted by molar-refractivity contribution is 0.214. The van der Waals surface area contributed by atoms with Crippen molar-refractivity contribution in [2.75, 3.05) is 0 Å². The largest absolute Gasteiger partial charge is 0.271 e. The van der Waals surface area contributed by atoms with Crippen LogP contribution in [0.2, 0.25) is 0 Å². The van der Waals surface area contributed by atoms with Gasteiger partial charge in [0.2, 0.25) is 0 Å². The molecule has 0 bridgehead atoms. The van der Waals surface area contributed by atoms with Crippen LogP contribution in [0.3, 0.4) is 0 Å². The van der Waals surface area contributed by atoms with E-state index in [4.69, 9.17) is 5.84 Å². The Balaban J connectivity index is 2.07. The first-order valence-electron chi connectivity index (χ1n) is 8.19. The summed E-state index contributed by atoms with van der Waals surface area (Å²) in [5.41, 5.74) is 7.18. The molecule has 1 atom stereocenters. The number of nitrogens with one attached hydrogen (secondary N) is 1. The Labute approximate surface area is 124 Å². The maximum atomic E-state index is 5.90. The number of rotatable bonds is 5. The van der Waals surface area contributed by atoms with E-state index < -0.39 is 0 Å². The average Bonchev–Trinajstić information content (AvgIpc) is 2.45. The molecule has 1 aromatic carbocycles. The van der Waals surface area contributed by atoms with Crippen LogP contribution in [0.25, 0.3) is 0 Å². The van der Waals surface area contributed by atoms with Crippen LogP contribution >= 0.6 is 0 Å². The predicted octanol–water partition coefficient (Wildman–Crippen LogP) is 4.41. The summed E-state index contributed by atoms with van der Waals surface area (Å²) in [5.74, 6) is 7.54. The third-order valence-corrected chi connectivity index (χ3v) is 5.01. The molecule has 1 aliphatic carbocycles. The third-order valence-electron chi connectivity index (χ3n) is 5.01. The lowest BCUT2D eigenvalue weighted by Gasteiger charge is -2.34. The number of hydrogen-bond acceptors (Lipinski definition) is 2. The minimum atomic E-state index is 0.317. The number of nitrogens with two attached hydrogens (primary N) is 1. The molecule has 0 heterocycles. The normalized spacial score (nSPS) is 24.6. The Hall–Kier alpha value is -0.860. The van der Waals surface area contributed by atoms with Gasteiger partial charge in [0.25, 0.3) is 0 Å². The molecule has 0 spiro atoms. The zero-order chi connectivity index (χ0) is 14.5. The predicted molar refractivity (Wildman–Crippen MR) is 86.3 cm³/mol. The van der Waals surface area contributed by atoms with Crippen LogP contribution < -0.4 is 11.3 Å². The van der Waals surface area contributed by atoms with Gasteiger partial charge in [-0.1, -0.05) is 56.4 Å². The minimum Gasteiger partial charge on any atom is -0.271 e. The molecule has 1 aromatic rings. The zero-order valence-corrected chi connectivity index (χ0v) is 13.3. The Morgan fingerprint density at radius 1 is 1.20 bits per heavy atom. The van der Waals surface area contributed by atoms with Crippen molar-refractivity contribution in [3.8, 4) is 0 Å². The molecule has 1 aliphatic rings. The lowest BCUT2D eigenvalue weighted by atomic mass is 9.75. The van der Waals surface area contributed by atoms with Gasteiger partial charge in [0.05, 0.1) is 0 Å². The van der Waals surface area contributed by atoms with Gasteiger partial charge in [-0.2, -0.15) is 0 Å². The summed E-state index contributed by atoms with van der Waals surface area (Å²) < 4.78 is 0. The molecule has 3 N–H and O–H groups in total. The summed E-state index contributed by atoms with van der Waals surface area (Å²) in [4.78, 5) is 0. The molecule has 2 nitrogen and oxygen atoms in total. The van der Waals surface area contributed by atoms with E-state index in [9.17, 15) is 0 Å². The van der Waals surface area contributed by atoms with Crippen molar-refractivity contribution in [1.82, 2.24) is 5.43 Å². The molecule has 20 heavy (non-hydrogen) atoms. The molecular formula is C18H30N2. The van der Waals surface area contributed by atoms with Crippen LogP contribution in [0.5, 0.6) is 0 Å². The topological polar surface area (TPSA) is 38.0 Å². The number of hydrazine groups is 1. The molecular weight excluding hydrogens is 244 g/mol. The fourth-order valence-electron chi connectivity index (χ4n) is 3.79. The first-order valence-corrected chi connectivity index (χ1v) is 8.19. The summed E-state index contributed by atoms with van der Waals surface area (Å²) in [7, 11) is 0. The second-order valence-corrected chi connectivity index (χ2v) is 6.57. The molecule has 2 rings (SSSR count).